The molecule has 0 amide bonds. The number of hydrazine groups is 1. The fourth-order valence-electron chi connectivity index (χ4n) is 0. The van der Waals surface area contributed by atoms with E-state index in [1.165, 1.54) is 0 Å². The van der Waals surface area contributed by atoms with Gasteiger partial charge in [0.15, 0.2) is 0 Å². The van der Waals surface area contributed by atoms with Crippen LogP contribution in [0.3, 0.4) is 0 Å². The molecule has 0 aliphatic carbocycles. The summed E-state index contributed by atoms with van der Waals surface area (Å²) in [5.74, 6) is 8.00. The third kappa shape index (κ3) is 1100. The van der Waals surface area contributed by atoms with Crippen LogP contribution in [-0.4, -0.2) is 17.5 Å². The van der Waals surface area contributed by atoms with Crippen molar-refractivity contribution >= 4 is 10.4 Å². The van der Waals surface area contributed by atoms with Gasteiger partial charge in [-0.1, -0.05) is 0 Å². The zero-order chi connectivity index (χ0) is 6.50. The van der Waals surface area contributed by atoms with Crippen LogP contribution in [0.15, 0.2) is 0 Å². The SMILES string of the molecule is NN.O=S(=O)(O)O.[Zn]. The number of nitrogens with two attached hydrogens (primary N) is 2. The van der Waals surface area contributed by atoms with Crippen molar-refractivity contribution in [2.75, 3.05) is 0 Å². The maximum absolute atomic E-state index is 8.74. The molecule has 0 heterocycles. The Balaban J connectivity index is -0.0000000750. The van der Waals surface area contributed by atoms with E-state index in [1.807, 2.05) is 0 Å². The van der Waals surface area contributed by atoms with E-state index in [-0.39, 0.29) is 19.5 Å². The maximum atomic E-state index is 8.74. The van der Waals surface area contributed by atoms with Crippen molar-refractivity contribution in [3.63, 3.8) is 0 Å². The molecule has 0 fully saturated rings. The maximum Gasteiger partial charge on any atom is 0.394 e. The van der Waals surface area contributed by atoms with Crippen molar-refractivity contribution in [1.29, 1.82) is 0 Å². The summed E-state index contributed by atoms with van der Waals surface area (Å²) in [5, 5.41) is 0. The van der Waals surface area contributed by atoms with Crippen LogP contribution >= 0.6 is 0 Å². The summed E-state index contributed by atoms with van der Waals surface area (Å²) in [6.07, 6.45) is 0. The van der Waals surface area contributed by atoms with Gasteiger partial charge in [0, 0.05) is 19.5 Å². The molecule has 8 heavy (non-hydrogen) atoms. The van der Waals surface area contributed by atoms with E-state index in [0.29, 0.717) is 0 Å². The van der Waals surface area contributed by atoms with Crippen molar-refractivity contribution in [1.82, 2.24) is 0 Å². The van der Waals surface area contributed by atoms with E-state index in [1.54, 1.807) is 0 Å². The third-order valence-corrected chi connectivity index (χ3v) is 0. The summed E-state index contributed by atoms with van der Waals surface area (Å²) in [5.41, 5.74) is 0. The molecule has 0 saturated heterocycles. The first-order valence-electron chi connectivity index (χ1n) is 1.03. The molecule has 0 aliphatic heterocycles. The van der Waals surface area contributed by atoms with E-state index in [9.17, 15) is 0 Å². The van der Waals surface area contributed by atoms with Crippen LogP contribution in [0.5, 0.6) is 0 Å². The molecule has 6 N–H and O–H groups in total. The fourth-order valence-corrected chi connectivity index (χ4v) is 0. The molecular formula is H6N2O4SZn. The minimum atomic E-state index is -4.67. The van der Waals surface area contributed by atoms with Crippen LogP contribution in [0, 0.1) is 0 Å². The zero-order valence-corrected chi connectivity index (χ0v) is 7.76. The third-order valence-electron chi connectivity index (χ3n) is 0. The predicted octanol–water partition coefficient (Wildman–Crippen LogP) is -1.84. The van der Waals surface area contributed by atoms with Crippen LogP contribution in [-0.2, 0) is 29.9 Å². The quantitative estimate of drug-likeness (QED) is 0.156. The average molecular weight is 196 g/mol. The van der Waals surface area contributed by atoms with Gasteiger partial charge in [-0.3, -0.25) is 20.8 Å². The Morgan fingerprint density at radius 3 is 1.12 bits per heavy atom. The van der Waals surface area contributed by atoms with Crippen molar-refractivity contribution in [2.24, 2.45) is 11.7 Å². The van der Waals surface area contributed by atoms with Crippen molar-refractivity contribution in [2.45, 2.75) is 0 Å². The standard InChI is InChI=1S/H4N2.H2O4S.Zn/c1-2;1-5(2,3)4;/h1-2H2;(H2,1,2,3,4);. The van der Waals surface area contributed by atoms with Gasteiger partial charge in [-0.2, -0.15) is 8.42 Å². The zero-order valence-electron chi connectivity index (χ0n) is 3.98. The fraction of sp³-hybridized carbons (Fsp3) is 0. The molecule has 0 spiro atoms. The van der Waals surface area contributed by atoms with Gasteiger partial charge in [0.1, 0.15) is 0 Å². The van der Waals surface area contributed by atoms with E-state index < -0.39 is 10.4 Å². The molecule has 0 aromatic heterocycles. The first kappa shape index (κ1) is 15.8. The molecule has 0 unspecified atom stereocenters. The van der Waals surface area contributed by atoms with E-state index in [2.05, 4.69) is 11.7 Å². The smallest absolute Gasteiger partial charge is 0.274 e. The number of hydrogen-bond acceptors (Lipinski definition) is 4. The minimum Gasteiger partial charge on any atom is -0.274 e. The number of hydrogen-bond donors (Lipinski definition) is 4. The second-order valence-electron chi connectivity index (χ2n) is 0.448. The number of rotatable bonds is 0. The predicted molar refractivity (Wildman–Crippen MR) is 22.6 cm³/mol. The largest absolute Gasteiger partial charge is 0.394 e. The van der Waals surface area contributed by atoms with Crippen LogP contribution in [0.1, 0.15) is 0 Å². The Morgan fingerprint density at radius 1 is 1.12 bits per heavy atom. The average Bonchev–Trinajstić information content (AvgIpc) is 1.36. The van der Waals surface area contributed by atoms with E-state index >= 15 is 0 Å². The van der Waals surface area contributed by atoms with Crippen molar-refractivity contribution in [3.05, 3.63) is 0 Å². The molecule has 0 aliphatic rings. The van der Waals surface area contributed by atoms with Gasteiger partial charge < -0.3 is 0 Å². The molecule has 0 aromatic carbocycles. The Morgan fingerprint density at radius 2 is 1.12 bits per heavy atom. The normalized spacial score (nSPS) is 8.00. The molecule has 0 atom stereocenters. The van der Waals surface area contributed by atoms with Crippen molar-refractivity contribution in [3.8, 4) is 0 Å². The molecule has 0 rings (SSSR count). The summed E-state index contributed by atoms with van der Waals surface area (Å²) >= 11 is 0. The minimum absolute atomic E-state index is 0. The summed E-state index contributed by atoms with van der Waals surface area (Å²) in [7, 11) is -4.67. The van der Waals surface area contributed by atoms with Gasteiger partial charge in [-0.15, -0.1) is 0 Å². The molecule has 0 radical (unpaired) electrons. The van der Waals surface area contributed by atoms with E-state index in [0.717, 1.165) is 0 Å². The van der Waals surface area contributed by atoms with Crippen LogP contribution in [0.4, 0.5) is 0 Å². The van der Waals surface area contributed by atoms with Crippen LogP contribution < -0.4 is 11.7 Å². The van der Waals surface area contributed by atoms with Crippen molar-refractivity contribution < 1.29 is 37.0 Å². The second kappa shape index (κ2) is 7.41. The summed E-state index contributed by atoms with van der Waals surface area (Å²) < 4.78 is 31.6. The Hall–Kier alpha value is 0.413. The van der Waals surface area contributed by atoms with Gasteiger partial charge in [0.05, 0.1) is 0 Å². The Labute approximate surface area is 59.5 Å². The first-order valence-corrected chi connectivity index (χ1v) is 2.43. The molecule has 0 aromatic rings. The van der Waals surface area contributed by atoms with Crippen LogP contribution in [0.2, 0.25) is 0 Å². The molecule has 48 valence electrons. The summed E-state index contributed by atoms with van der Waals surface area (Å²) in [4.78, 5) is 0. The topological polar surface area (TPSA) is 127 Å². The molecule has 0 bridgehead atoms. The van der Waals surface area contributed by atoms with Gasteiger partial charge in [0.25, 0.3) is 0 Å². The van der Waals surface area contributed by atoms with Gasteiger partial charge >= 0.3 is 10.4 Å². The molecular weight excluding hydrogens is 189 g/mol. The van der Waals surface area contributed by atoms with Gasteiger partial charge in [-0.05, 0) is 0 Å². The molecule has 0 saturated carbocycles. The van der Waals surface area contributed by atoms with Gasteiger partial charge in [0.2, 0.25) is 0 Å². The molecule has 6 nitrogen and oxygen atoms in total. The summed E-state index contributed by atoms with van der Waals surface area (Å²) in [6.45, 7) is 0. The molecule has 8 heteroatoms. The summed E-state index contributed by atoms with van der Waals surface area (Å²) in [6, 6.07) is 0. The van der Waals surface area contributed by atoms with E-state index in [4.69, 9.17) is 17.5 Å². The van der Waals surface area contributed by atoms with Gasteiger partial charge in [-0.25, -0.2) is 0 Å². The second-order valence-corrected chi connectivity index (χ2v) is 1.34. The van der Waals surface area contributed by atoms with Crippen LogP contribution in [0.25, 0.3) is 0 Å². The monoisotopic (exact) mass is 194 g/mol. The Kier molecular flexibility index (Phi) is 14.6. The first-order chi connectivity index (χ1) is 3.00. The Bertz CT molecular complexity index is 97.2.